The molecule has 2 heteroatoms. The summed E-state index contributed by atoms with van der Waals surface area (Å²) in [5.41, 5.74) is 1.16. The van der Waals surface area contributed by atoms with Gasteiger partial charge in [-0.25, -0.2) is 4.39 Å². The van der Waals surface area contributed by atoms with Crippen molar-refractivity contribution >= 4 is 0 Å². The molecule has 0 N–H and O–H groups in total. The molecule has 0 heterocycles. The number of fused-ring (bicyclic) bond motifs is 1. The first-order valence-corrected chi connectivity index (χ1v) is 9.15. The van der Waals surface area contributed by atoms with Gasteiger partial charge in [0.1, 0.15) is 0 Å². The van der Waals surface area contributed by atoms with Gasteiger partial charge in [0.05, 0.1) is 7.11 Å². The van der Waals surface area contributed by atoms with Crippen LogP contribution in [0.25, 0.3) is 0 Å². The minimum absolute atomic E-state index is 0.222. The maximum Gasteiger partial charge on any atom is 0.165 e. The SMILES string of the molecule is C=CCCC1CCC2CC(c3ccc(OC)c(F)c3)CCC2C1. The molecule has 2 aliphatic rings. The Labute approximate surface area is 139 Å². The molecule has 2 aliphatic carbocycles. The number of benzene rings is 1. The van der Waals surface area contributed by atoms with E-state index >= 15 is 0 Å². The third kappa shape index (κ3) is 3.79. The largest absolute Gasteiger partial charge is 0.494 e. The zero-order valence-corrected chi connectivity index (χ0v) is 14.3. The van der Waals surface area contributed by atoms with Crippen LogP contribution in [0.1, 0.15) is 62.8 Å². The van der Waals surface area contributed by atoms with E-state index in [1.165, 1.54) is 52.1 Å². The normalized spacial score (nSPS) is 30.5. The highest BCUT2D eigenvalue weighted by atomic mass is 19.1. The Hall–Kier alpha value is -1.31. The molecule has 3 rings (SSSR count). The van der Waals surface area contributed by atoms with E-state index in [9.17, 15) is 4.39 Å². The Balaban J connectivity index is 1.61. The third-order valence-corrected chi connectivity index (χ3v) is 6.15. The molecule has 0 aromatic heterocycles. The number of methoxy groups -OCH3 is 1. The smallest absolute Gasteiger partial charge is 0.165 e. The molecule has 2 saturated carbocycles. The van der Waals surface area contributed by atoms with Gasteiger partial charge in [-0.05, 0) is 86.3 Å². The van der Waals surface area contributed by atoms with Gasteiger partial charge in [0.2, 0.25) is 0 Å². The van der Waals surface area contributed by atoms with Crippen molar-refractivity contribution in [2.45, 2.75) is 57.3 Å². The molecule has 0 amide bonds. The van der Waals surface area contributed by atoms with E-state index in [0.717, 1.165) is 29.7 Å². The minimum atomic E-state index is -0.222. The Bertz CT molecular complexity index is 539. The van der Waals surface area contributed by atoms with Crippen molar-refractivity contribution < 1.29 is 9.13 Å². The highest BCUT2D eigenvalue weighted by molar-refractivity contribution is 5.31. The summed E-state index contributed by atoms with van der Waals surface area (Å²) in [6, 6.07) is 5.53. The van der Waals surface area contributed by atoms with Crippen LogP contribution >= 0.6 is 0 Å². The van der Waals surface area contributed by atoms with Gasteiger partial charge >= 0.3 is 0 Å². The zero-order chi connectivity index (χ0) is 16.2. The fraction of sp³-hybridized carbons (Fsp3) is 0.619. The maximum atomic E-state index is 14.0. The molecule has 1 nitrogen and oxygen atoms in total. The summed E-state index contributed by atoms with van der Waals surface area (Å²) in [6.07, 6.45) is 12.4. The first-order valence-electron chi connectivity index (χ1n) is 9.15. The summed E-state index contributed by atoms with van der Waals surface area (Å²) in [6.45, 7) is 3.85. The summed E-state index contributed by atoms with van der Waals surface area (Å²) >= 11 is 0. The van der Waals surface area contributed by atoms with Crippen LogP contribution in [0, 0.1) is 23.6 Å². The molecule has 126 valence electrons. The van der Waals surface area contributed by atoms with Crippen molar-refractivity contribution in [3.8, 4) is 5.75 Å². The van der Waals surface area contributed by atoms with E-state index in [-0.39, 0.29) is 5.82 Å². The topological polar surface area (TPSA) is 9.23 Å². The molecule has 0 bridgehead atoms. The zero-order valence-electron chi connectivity index (χ0n) is 14.3. The molecule has 1 aromatic carbocycles. The number of hydrogen-bond acceptors (Lipinski definition) is 1. The predicted octanol–water partition coefficient (Wildman–Crippen LogP) is 6.10. The van der Waals surface area contributed by atoms with Crippen LogP contribution in [0.5, 0.6) is 5.75 Å². The Morgan fingerprint density at radius 1 is 1.17 bits per heavy atom. The second-order valence-electron chi connectivity index (χ2n) is 7.47. The van der Waals surface area contributed by atoms with Crippen LogP contribution in [0.3, 0.4) is 0 Å². The second kappa shape index (κ2) is 7.51. The molecular formula is C21H29FO. The quantitative estimate of drug-likeness (QED) is 0.596. The minimum Gasteiger partial charge on any atom is -0.494 e. The monoisotopic (exact) mass is 316 g/mol. The van der Waals surface area contributed by atoms with E-state index in [1.54, 1.807) is 12.1 Å². The van der Waals surface area contributed by atoms with Gasteiger partial charge in [0, 0.05) is 0 Å². The van der Waals surface area contributed by atoms with Gasteiger partial charge in [-0.1, -0.05) is 18.6 Å². The van der Waals surface area contributed by atoms with Gasteiger partial charge in [-0.3, -0.25) is 0 Å². The number of ether oxygens (including phenoxy) is 1. The lowest BCUT2D eigenvalue weighted by Crippen LogP contribution is -2.30. The van der Waals surface area contributed by atoms with Gasteiger partial charge in [0.15, 0.2) is 11.6 Å². The fourth-order valence-corrected chi connectivity index (χ4v) is 4.84. The van der Waals surface area contributed by atoms with Crippen molar-refractivity contribution in [1.29, 1.82) is 0 Å². The molecule has 1 aromatic rings. The van der Waals surface area contributed by atoms with E-state index in [4.69, 9.17) is 4.74 Å². The van der Waals surface area contributed by atoms with Crippen molar-refractivity contribution in [3.63, 3.8) is 0 Å². The summed E-state index contributed by atoms with van der Waals surface area (Å²) in [5, 5.41) is 0. The summed E-state index contributed by atoms with van der Waals surface area (Å²) in [5.74, 6) is 3.31. The average Bonchev–Trinajstić information content (AvgIpc) is 2.59. The van der Waals surface area contributed by atoms with Crippen molar-refractivity contribution in [2.24, 2.45) is 17.8 Å². The molecule has 2 fully saturated rings. The van der Waals surface area contributed by atoms with E-state index in [0.29, 0.717) is 11.7 Å². The maximum absolute atomic E-state index is 14.0. The van der Waals surface area contributed by atoms with Crippen LogP contribution < -0.4 is 4.74 Å². The fourth-order valence-electron chi connectivity index (χ4n) is 4.84. The first kappa shape index (κ1) is 16.5. The molecule has 23 heavy (non-hydrogen) atoms. The predicted molar refractivity (Wildman–Crippen MR) is 93.3 cm³/mol. The number of halogens is 1. The molecule has 0 saturated heterocycles. The van der Waals surface area contributed by atoms with Gasteiger partial charge < -0.3 is 4.74 Å². The van der Waals surface area contributed by atoms with E-state index in [2.05, 4.69) is 18.7 Å². The van der Waals surface area contributed by atoms with Crippen LogP contribution in [0.4, 0.5) is 4.39 Å². The van der Waals surface area contributed by atoms with Crippen LogP contribution in [-0.2, 0) is 0 Å². The Kier molecular flexibility index (Phi) is 5.40. The molecule has 4 unspecified atom stereocenters. The summed E-state index contributed by atoms with van der Waals surface area (Å²) < 4.78 is 19.0. The molecule has 0 aliphatic heterocycles. The standard InChI is InChI=1S/C21H29FO/c1-3-4-5-15-6-7-17-13-18(9-8-16(17)12-15)19-10-11-21(23-2)20(22)14-19/h3,10-11,14-18H,1,4-9,12-13H2,2H3. The average molecular weight is 316 g/mol. The number of hydrogen-bond donors (Lipinski definition) is 0. The Morgan fingerprint density at radius 2 is 1.96 bits per heavy atom. The van der Waals surface area contributed by atoms with Gasteiger partial charge in [0.25, 0.3) is 0 Å². The third-order valence-electron chi connectivity index (χ3n) is 6.15. The number of allylic oxidation sites excluding steroid dienone is 1. The lowest BCUT2D eigenvalue weighted by atomic mass is 9.63. The lowest BCUT2D eigenvalue weighted by Gasteiger charge is -2.42. The Morgan fingerprint density at radius 3 is 2.70 bits per heavy atom. The second-order valence-corrected chi connectivity index (χ2v) is 7.47. The van der Waals surface area contributed by atoms with E-state index < -0.39 is 0 Å². The van der Waals surface area contributed by atoms with Gasteiger partial charge in [-0.2, -0.15) is 0 Å². The van der Waals surface area contributed by atoms with E-state index in [1.807, 2.05) is 0 Å². The van der Waals surface area contributed by atoms with Crippen molar-refractivity contribution in [1.82, 2.24) is 0 Å². The molecule has 0 radical (unpaired) electrons. The van der Waals surface area contributed by atoms with Crippen molar-refractivity contribution in [3.05, 3.63) is 42.2 Å². The highest BCUT2D eigenvalue weighted by Crippen LogP contribution is 2.48. The summed E-state index contributed by atoms with van der Waals surface area (Å²) in [4.78, 5) is 0. The van der Waals surface area contributed by atoms with Gasteiger partial charge in [-0.15, -0.1) is 6.58 Å². The van der Waals surface area contributed by atoms with Crippen LogP contribution in [0.2, 0.25) is 0 Å². The van der Waals surface area contributed by atoms with Crippen molar-refractivity contribution in [2.75, 3.05) is 7.11 Å². The van der Waals surface area contributed by atoms with Crippen LogP contribution in [-0.4, -0.2) is 7.11 Å². The highest BCUT2D eigenvalue weighted by Gasteiger charge is 2.35. The lowest BCUT2D eigenvalue weighted by molar-refractivity contribution is 0.115. The summed E-state index contributed by atoms with van der Waals surface area (Å²) in [7, 11) is 1.52. The molecule has 0 spiro atoms. The number of rotatable bonds is 5. The first-order chi connectivity index (χ1) is 11.2. The van der Waals surface area contributed by atoms with Crippen LogP contribution in [0.15, 0.2) is 30.9 Å². The molecular weight excluding hydrogens is 287 g/mol. The molecule has 4 atom stereocenters.